The average Bonchev–Trinajstić information content (AvgIpc) is 2.36. The highest BCUT2D eigenvalue weighted by molar-refractivity contribution is 7.91. The predicted molar refractivity (Wildman–Crippen MR) is 86.8 cm³/mol. The molecule has 20 heavy (non-hydrogen) atoms. The van der Waals surface area contributed by atoms with Gasteiger partial charge in [-0.2, -0.15) is 0 Å². The Balaban J connectivity index is 2.37. The first-order valence-electron chi connectivity index (χ1n) is 8.17. The summed E-state index contributed by atoms with van der Waals surface area (Å²) in [5.41, 5.74) is 0.313. The van der Waals surface area contributed by atoms with E-state index in [4.69, 9.17) is 0 Å². The van der Waals surface area contributed by atoms with E-state index in [-0.39, 0.29) is 5.25 Å². The van der Waals surface area contributed by atoms with Crippen LogP contribution in [-0.2, 0) is 9.84 Å². The minimum absolute atomic E-state index is 0.128. The van der Waals surface area contributed by atoms with Crippen LogP contribution in [0.25, 0.3) is 0 Å². The fourth-order valence-corrected chi connectivity index (χ4v) is 4.26. The van der Waals surface area contributed by atoms with Crippen LogP contribution in [0.2, 0.25) is 0 Å². The molecule has 0 aliphatic heterocycles. The molecular weight excluding hydrogens is 270 g/mol. The van der Waals surface area contributed by atoms with Crippen LogP contribution in [0.5, 0.6) is 0 Å². The highest BCUT2D eigenvalue weighted by atomic mass is 32.2. The van der Waals surface area contributed by atoms with Crippen molar-refractivity contribution in [2.24, 2.45) is 5.41 Å². The molecular formula is C16H33NO2S. The van der Waals surface area contributed by atoms with Crippen molar-refractivity contribution in [1.82, 2.24) is 5.32 Å². The summed E-state index contributed by atoms with van der Waals surface area (Å²) < 4.78 is 23.4. The van der Waals surface area contributed by atoms with Crippen LogP contribution >= 0.6 is 0 Å². The Hall–Kier alpha value is -0.0900. The Morgan fingerprint density at radius 3 is 2.50 bits per heavy atom. The van der Waals surface area contributed by atoms with Crippen molar-refractivity contribution in [3.63, 3.8) is 0 Å². The molecule has 0 aromatic rings. The molecule has 0 heterocycles. The first-order valence-corrected chi connectivity index (χ1v) is 10.1. The smallest absolute Gasteiger partial charge is 0.150 e. The Labute approximate surface area is 125 Å². The fourth-order valence-electron chi connectivity index (χ4n) is 3.08. The molecule has 2 unspecified atom stereocenters. The van der Waals surface area contributed by atoms with Crippen molar-refractivity contribution in [2.75, 3.05) is 12.8 Å². The van der Waals surface area contributed by atoms with Crippen molar-refractivity contribution in [2.45, 2.75) is 83.4 Å². The molecule has 0 bridgehead atoms. The topological polar surface area (TPSA) is 46.2 Å². The Morgan fingerprint density at radius 1 is 1.20 bits per heavy atom. The van der Waals surface area contributed by atoms with Crippen molar-refractivity contribution in [3.8, 4) is 0 Å². The monoisotopic (exact) mass is 303 g/mol. The van der Waals surface area contributed by atoms with E-state index < -0.39 is 9.84 Å². The van der Waals surface area contributed by atoms with Gasteiger partial charge >= 0.3 is 0 Å². The minimum atomic E-state index is -2.87. The molecule has 0 aromatic heterocycles. The molecule has 1 aliphatic carbocycles. The highest BCUT2D eigenvalue weighted by Gasteiger charge is 2.29. The van der Waals surface area contributed by atoms with Gasteiger partial charge in [-0.05, 0) is 31.1 Å². The van der Waals surface area contributed by atoms with E-state index in [1.54, 1.807) is 0 Å². The second-order valence-electron chi connectivity index (χ2n) is 7.32. The third kappa shape index (κ3) is 6.57. The lowest BCUT2D eigenvalue weighted by Crippen LogP contribution is -2.42. The molecule has 0 saturated heterocycles. The van der Waals surface area contributed by atoms with Crippen LogP contribution in [0.15, 0.2) is 0 Å². The van der Waals surface area contributed by atoms with Crippen molar-refractivity contribution >= 4 is 9.84 Å². The van der Waals surface area contributed by atoms with Gasteiger partial charge in [0.05, 0.1) is 5.25 Å². The zero-order valence-corrected chi connectivity index (χ0v) is 14.6. The van der Waals surface area contributed by atoms with Gasteiger partial charge in [0.2, 0.25) is 0 Å². The van der Waals surface area contributed by atoms with Gasteiger partial charge in [0.25, 0.3) is 0 Å². The summed E-state index contributed by atoms with van der Waals surface area (Å²) in [4.78, 5) is 0. The molecule has 0 spiro atoms. The van der Waals surface area contributed by atoms with Crippen LogP contribution in [0.4, 0.5) is 0 Å². The average molecular weight is 304 g/mol. The number of hydrogen-bond acceptors (Lipinski definition) is 3. The van der Waals surface area contributed by atoms with E-state index in [0.29, 0.717) is 11.5 Å². The first kappa shape index (κ1) is 18.0. The summed E-state index contributed by atoms with van der Waals surface area (Å²) in [6.45, 7) is 7.86. The van der Waals surface area contributed by atoms with Crippen LogP contribution < -0.4 is 5.32 Å². The molecule has 1 rings (SSSR count). The molecule has 0 radical (unpaired) electrons. The van der Waals surface area contributed by atoms with Crippen LogP contribution in [-0.4, -0.2) is 32.5 Å². The third-order valence-electron chi connectivity index (χ3n) is 4.56. The lowest BCUT2D eigenvalue weighted by Gasteiger charge is -2.32. The van der Waals surface area contributed by atoms with Gasteiger partial charge in [0.15, 0.2) is 0 Å². The molecule has 3 nitrogen and oxygen atoms in total. The fraction of sp³-hybridized carbons (Fsp3) is 1.00. The quantitative estimate of drug-likeness (QED) is 0.698. The third-order valence-corrected chi connectivity index (χ3v) is 6.20. The maximum Gasteiger partial charge on any atom is 0.150 e. The standard InChI is InChI=1S/C16H33NO2S/c1-5-6-7-11-16(2,3)13-17-14-9-8-10-15(12-14)20(4,18)19/h14-15,17H,5-13H2,1-4H3. The summed E-state index contributed by atoms with van der Waals surface area (Å²) in [7, 11) is -2.87. The lowest BCUT2D eigenvalue weighted by atomic mass is 9.86. The maximum atomic E-state index is 11.7. The number of rotatable bonds is 8. The summed E-state index contributed by atoms with van der Waals surface area (Å²) >= 11 is 0. The molecule has 0 aromatic carbocycles. The summed E-state index contributed by atoms with van der Waals surface area (Å²) in [5.74, 6) is 0. The molecule has 2 atom stereocenters. The van der Waals surface area contributed by atoms with Crippen LogP contribution in [0, 0.1) is 5.41 Å². The highest BCUT2D eigenvalue weighted by Crippen LogP contribution is 2.26. The second-order valence-corrected chi connectivity index (χ2v) is 9.64. The molecule has 1 fully saturated rings. The molecule has 1 aliphatic rings. The second kappa shape index (κ2) is 7.79. The van der Waals surface area contributed by atoms with E-state index in [1.165, 1.54) is 31.9 Å². The van der Waals surface area contributed by atoms with Crippen molar-refractivity contribution in [1.29, 1.82) is 0 Å². The molecule has 1 N–H and O–H groups in total. The summed E-state index contributed by atoms with van der Waals surface area (Å²) in [5, 5.41) is 3.50. The Morgan fingerprint density at radius 2 is 1.90 bits per heavy atom. The molecule has 120 valence electrons. The minimum Gasteiger partial charge on any atom is -0.313 e. The van der Waals surface area contributed by atoms with Crippen molar-refractivity contribution in [3.05, 3.63) is 0 Å². The number of hydrogen-bond donors (Lipinski definition) is 1. The van der Waals surface area contributed by atoms with Crippen LogP contribution in [0.1, 0.15) is 72.1 Å². The number of nitrogens with one attached hydrogen (secondary N) is 1. The number of unbranched alkanes of at least 4 members (excludes halogenated alkanes) is 2. The molecule has 1 saturated carbocycles. The number of sulfone groups is 1. The van der Waals surface area contributed by atoms with Gasteiger partial charge < -0.3 is 5.32 Å². The molecule has 0 amide bonds. The van der Waals surface area contributed by atoms with E-state index in [1.807, 2.05) is 0 Å². The van der Waals surface area contributed by atoms with E-state index >= 15 is 0 Å². The largest absolute Gasteiger partial charge is 0.313 e. The first-order chi connectivity index (χ1) is 9.24. The summed E-state index contributed by atoms with van der Waals surface area (Å²) in [6.07, 6.45) is 10.3. The SMILES string of the molecule is CCCCCC(C)(C)CNC1CCCC(S(C)(=O)=O)C1. The summed E-state index contributed by atoms with van der Waals surface area (Å²) in [6, 6.07) is 0.383. The van der Waals surface area contributed by atoms with Gasteiger partial charge in [-0.1, -0.05) is 46.5 Å². The lowest BCUT2D eigenvalue weighted by molar-refractivity contribution is 0.266. The Kier molecular flexibility index (Phi) is 6.99. The Bertz CT molecular complexity index is 376. The van der Waals surface area contributed by atoms with Gasteiger partial charge in [0.1, 0.15) is 9.84 Å². The zero-order chi connectivity index (χ0) is 15.2. The molecule has 4 heteroatoms. The van der Waals surface area contributed by atoms with Gasteiger partial charge in [-0.3, -0.25) is 0 Å². The zero-order valence-electron chi connectivity index (χ0n) is 13.7. The van der Waals surface area contributed by atoms with E-state index in [9.17, 15) is 8.42 Å². The normalized spacial score (nSPS) is 24.8. The van der Waals surface area contributed by atoms with Gasteiger partial charge in [-0.25, -0.2) is 8.42 Å². The van der Waals surface area contributed by atoms with E-state index in [2.05, 4.69) is 26.1 Å². The van der Waals surface area contributed by atoms with Crippen molar-refractivity contribution < 1.29 is 8.42 Å². The van der Waals surface area contributed by atoms with Gasteiger partial charge in [0, 0.05) is 18.8 Å². The van der Waals surface area contributed by atoms with Gasteiger partial charge in [-0.15, -0.1) is 0 Å². The van der Waals surface area contributed by atoms with E-state index in [0.717, 1.165) is 32.2 Å². The van der Waals surface area contributed by atoms with Crippen LogP contribution in [0.3, 0.4) is 0 Å². The maximum absolute atomic E-state index is 11.7. The predicted octanol–water partition coefficient (Wildman–Crippen LogP) is 3.54.